The zero-order chi connectivity index (χ0) is 22.0. The molecule has 0 fully saturated rings. The van der Waals surface area contributed by atoms with E-state index in [1.807, 2.05) is 19.9 Å². The van der Waals surface area contributed by atoms with Crippen LogP contribution in [0.3, 0.4) is 0 Å². The largest absolute Gasteiger partial charge is 0.494 e. The van der Waals surface area contributed by atoms with Gasteiger partial charge in [0.05, 0.1) is 12.3 Å². The maximum atomic E-state index is 13.4. The monoisotopic (exact) mass is 416 g/mol. The first-order valence-corrected chi connectivity index (χ1v) is 10.2. The predicted octanol–water partition coefficient (Wildman–Crippen LogP) is 3.61. The molecule has 0 spiro atoms. The molecular weight excluding hydrogens is 392 g/mol. The second kappa shape index (κ2) is 8.24. The number of nitrogens with zero attached hydrogens (tertiary/aromatic N) is 1. The van der Waals surface area contributed by atoms with E-state index in [1.165, 1.54) is 4.90 Å². The van der Waals surface area contributed by atoms with E-state index >= 15 is 0 Å². The van der Waals surface area contributed by atoms with Crippen molar-refractivity contribution in [3.8, 4) is 5.75 Å². The van der Waals surface area contributed by atoms with Crippen LogP contribution in [-0.2, 0) is 15.2 Å². The minimum absolute atomic E-state index is 0.211. The molecule has 31 heavy (non-hydrogen) atoms. The number of ether oxygens (including phenoxy) is 1. The van der Waals surface area contributed by atoms with E-state index in [2.05, 4.69) is 5.32 Å². The molecule has 4 rings (SSSR count). The number of rotatable bonds is 6. The number of aryl methyl sites for hydroxylation is 1. The number of aliphatic hydroxyl groups is 1. The van der Waals surface area contributed by atoms with Crippen molar-refractivity contribution in [3.63, 3.8) is 0 Å². The number of hydrogen-bond acceptors (Lipinski definition) is 4. The van der Waals surface area contributed by atoms with Gasteiger partial charge in [0, 0.05) is 11.3 Å². The van der Waals surface area contributed by atoms with Crippen LogP contribution in [0.1, 0.15) is 23.6 Å². The molecule has 158 valence electrons. The predicted molar refractivity (Wildman–Crippen MR) is 119 cm³/mol. The average molecular weight is 416 g/mol. The second-order valence-electron chi connectivity index (χ2n) is 7.49. The van der Waals surface area contributed by atoms with Gasteiger partial charge in [0.15, 0.2) is 5.60 Å². The first-order chi connectivity index (χ1) is 14.9. The van der Waals surface area contributed by atoms with E-state index in [9.17, 15) is 14.7 Å². The first kappa shape index (κ1) is 20.6. The number of anilines is 2. The van der Waals surface area contributed by atoms with Gasteiger partial charge in [-0.05, 0) is 49.7 Å². The van der Waals surface area contributed by atoms with E-state index in [4.69, 9.17) is 4.74 Å². The fourth-order valence-electron chi connectivity index (χ4n) is 3.89. The summed E-state index contributed by atoms with van der Waals surface area (Å²) in [5.74, 6) is -0.186. The van der Waals surface area contributed by atoms with Crippen molar-refractivity contribution in [1.29, 1.82) is 0 Å². The summed E-state index contributed by atoms with van der Waals surface area (Å²) in [6, 6.07) is 21.3. The number of fused-ring (bicyclic) bond motifs is 1. The molecule has 2 N–H and O–H groups in total. The summed E-state index contributed by atoms with van der Waals surface area (Å²) in [5.41, 5.74) is 1.18. The molecule has 3 aromatic rings. The summed E-state index contributed by atoms with van der Waals surface area (Å²) in [6.07, 6.45) is 0. The van der Waals surface area contributed by atoms with Gasteiger partial charge in [-0.2, -0.15) is 0 Å². The van der Waals surface area contributed by atoms with E-state index < -0.39 is 11.5 Å². The number of para-hydroxylation sites is 1. The van der Waals surface area contributed by atoms with Crippen LogP contribution < -0.4 is 15.0 Å². The molecule has 1 heterocycles. The van der Waals surface area contributed by atoms with Gasteiger partial charge in [0.1, 0.15) is 12.3 Å². The third-order valence-corrected chi connectivity index (χ3v) is 5.33. The van der Waals surface area contributed by atoms with Gasteiger partial charge in [-0.3, -0.25) is 14.5 Å². The lowest BCUT2D eigenvalue weighted by Crippen LogP contribution is -2.44. The van der Waals surface area contributed by atoms with E-state index in [0.29, 0.717) is 34.9 Å². The van der Waals surface area contributed by atoms with Gasteiger partial charge in [0.25, 0.3) is 5.91 Å². The number of nitrogens with one attached hydrogen (secondary N) is 1. The molecule has 3 aromatic carbocycles. The molecule has 0 unspecified atom stereocenters. The Morgan fingerprint density at radius 3 is 2.52 bits per heavy atom. The topological polar surface area (TPSA) is 78.9 Å². The molecule has 6 heteroatoms. The zero-order valence-corrected chi connectivity index (χ0v) is 17.5. The number of carbonyl (C=O) groups is 2. The van der Waals surface area contributed by atoms with Crippen LogP contribution >= 0.6 is 0 Å². The van der Waals surface area contributed by atoms with E-state index in [1.54, 1.807) is 66.7 Å². The number of hydrogen-bond donors (Lipinski definition) is 2. The molecule has 0 aliphatic carbocycles. The van der Waals surface area contributed by atoms with Crippen molar-refractivity contribution in [2.45, 2.75) is 19.4 Å². The number of amides is 2. The Morgan fingerprint density at radius 1 is 1.06 bits per heavy atom. The highest BCUT2D eigenvalue weighted by Crippen LogP contribution is 2.44. The number of benzene rings is 3. The summed E-state index contributed by atoms with van der Waals surface area (Å²) in [7, 11) is 0. The molecule has 1 aliphatic heterocycles. The van der Waals surface area contributed by atoms with Gasteiger partial charge in [-0.15, -0.1) is 0 Å². The van der Waals surface area contributed by atoms with E-state index in [0.717, 1.165) is 5.56 Å². The van der Waals surface area contributed by atoms with Crippen LogP contribution in [0.15, 0.2) is 72.8 Å². The SMILES string of the molecule is CCOc1ccc(NC(=O)CN2C(=O)[C@@](O)(c3cccc(C)c3)c3ccccc32)cc1. The standard InChI is InChI=1S/C25H24N2O4/c1-3-31-20-13-11-19(12-14-20)26-23(28)16-27-22-10-5-4-9-21(22)25(30,24(27)29)18-8-6-7-17(2)15-18/h4-15,30H,3,16H2,1-2H3,(H,26,28)/t25-/m1/s1. The second-order valence-corrected chi connectivity index (χ2v) is 7.49. The molecule has 0 aromatic heterocycles. The van der Waals surface area contributed by atoms with Crippen molar-refractivity contribution < 1.29 is 19.4 Å². The highest BCUT2D eigenvalue weighted by molar-refractivity contribution is 6.12. The van der Waals surface area contributed by atoms with Gasteiger partial charge in [-0.1, -0.05) is 48.0 Å². The van der Waals surface area contributed by atoms with Crippen molar-refractivity contribution in [2.75, 3.05) is 23.4 Å². The summed E-state index contributed by atoms with van der Waals surface area (Å²) in [6.45, 7) is 4.15. The molecule has 2 amide bonds. The van der Waals surface area contributed by atoms with Crippen LogP contribution in [-0.4, -0.2) is 30.1 Å². The minimum Gasteiger partial charge on any atom is -0.494 e. The Bertz CT molecular complexity index is 1130. The maximum absolute atomic E-state index is 13.4. The summed E-state index contributed by atoms with van der Waals surface area (Å²) in [4.78, 5) is 27.4. The summed E-state index contributed by atoms with van der Waals surface area (Å²) >= 11 is 0. The molecule has 6 nitrogen and oxygen atoms in total. The Hall–Kier alpha value is -3.64. The van der Waals surface area contributed by atoms with Crippen LogP contribution in [0.4, 0.5) is 11.4 Å². The molecule has 0 bridgehead atoms. The quantitative estimate of drug-likeness (QED) is 0.643. The normalized spacial score (nSPS) is 17.4. The Balaban J connectivity index is 1.59. The molecule has 1 aliphatic rings. The fraction of sp³-hybridized carbons (Fsp3) is 0.200. The smallest absolute Gasteiger partial charge is 0.268 e. The fourth-order valence-corrected chi connectivity index (χ4v) is 3.89. The van der Waals surface area contributed by atoms with Crippen molar-refractivity contribution >= 4 is 23.2 Å². The molecular formula is C25H24N2O4. The lowest BCUT2D eigenvalue weighted by atomic mass is 9.87. The Labute approximate surface area is 181 Å². The average Bonchev–Trinajstić information content (AvgIpc) is 2.98. The highest BCUT2D eigenvalue weighted by atomic mass is 16.5. The van der Waals surface area contributed by atoms with Crippen molar-refractivity contribution in [1.82, 2.24) is 0 Å². The minimum atomic E-state index is -1.83. The molecule has 0 saturated heterocycles. The Morgan fingerprint density at radius 2 is 1.81 bits per heavy atom. The third-order valence-electron chi connectivity index (χ3n) is 5.33. The Kier molecular flexibility index (Phi) is 5.48. The van der Waals surface area contributed by atoms with Gasteiger partial charge < -0.3 is 15.2 Å². The van der Waals surface area contributed by atoms with Gasteiger partial charge in [0.2, 0.25) is 5.91 Å². The van der Waals surface area contributed by atoms with Crippen LogP contribution in [0.2, 0.25) is 0 Å². The van der Waals surface area contributed by atoms with Crippen molar-refractivity contribution in [2.24, 2.45) is 0 Å². The lowest BCUT2D eigenvalue weighted by molar-refractivity contribution is -0.133. The highest BCUT2D eigenvalue weighted by Gasteiger charge is 2.51. The maximum Gasteiger partial charge on any atom is 0.268 e. The molecule has 0 saturated carbocycles. The van der Waals surface area contributed by atoms with Gasteiger partial charge >= 0.3 is 0 Å². The van der Waals surface area contributed by atoms with Gasteiger partial charge in [-0.25, -0.2) is 0 Å². The van der Waals surface area contributed by atoms with Crippen LogP contribution in [0.5, 0.6) is 5.75 Å². The van der Waals surface area contributed by atoms with Crippen LogP contribution in [0.25, 0.3) is 0 Å². The summed E-state index contributed by atoms with van der Waals surface area (Å²) < 4.78 is 5.41. The zero-order valence-electron chi connectivity index (χ0n) is 17.5. The van der Waals surface area contributed by atoms with Crippen LogP contribution in [0, 0.1) is 6.92 Å². The first-order valence-electron chi connectivity index (χ1n) is 10.2. The summed E-state index contributed by atoms with van der Waals surface area (Å²) in [5, 5.41) is 14.3. The molecule has 0 radical (unpaired) electrons. The van der Waals surface area contributed by atoms with Crippen molar-refractivity contribution in [3.05, 3.63) is 89.5 Å². The molecule has 1 atom stereocenters. The third kappa shape index (κ3) is 3.78. The lowest BCUT2D eigenvalue weighted by Gasteiger charge is -2.24. The van der Waals surface area contributed by atoms with E-state index in [-0.39, 0.29) is 12.5 Å². The number of carbonyl (C=O) groups excluding carboxylic acids is 2.